The van der Waals surface area contributed by atoms with Crippen molar-refractivity contribution in [2.45, 2.75) is 19.9 Å². The molecule has 0 spiro atoms. The Balaban J connectivity index is 2.06. The maximum Gasteiger partial charge on any atom is 0.270 e. The van der Waals surface area contributed by atoms with Crippen LogP contribution in [0.3, 0.4) is 0 Å². The van der Waals surface area contributed by atoms with Crippen molar-refractivity contribution in [3.63, 3.8) is 0 Å². The Bertz CT molecular complexity index is 646. The second-order valence-electron chi connectivity index (χ2n) is 5.24. The number of hydrogen-bond acceptors (Lipinski definition) is 5. The van der Waals surface area contributed by atoms with Gasteiger partial charge in [0.15, 0.2) is 0 Å². The number of nitrogens with one attached hydrogen (secondary N) is 2. The Hall–Kier alpha value is -2.47. The fourth-order valence-electron chi connectivity index (χ4n) is 2.12. The maximum absolute atomic E-state index is 12.4. The molecule has 1 aromatic carbocycles. The highest BCUT2D eigenvalue weighted by molar-refractivity contribution is 5.92. The molecule has 1 heterocycles. The third-order valence-electron chi connectivity index (χ3n) is 3.32. The number of rotatable bonds is 7. The maximum atomic E-state index is 12.4. The Labute approximate surface area is 136 Å². The van der Waals surface area contributed by atoms with Crippen molar-refractivity contribution in [2.24, 2.45) is 0 Å². The van der Waals surface area contributed by atoms with Crippen LogP contribution in [-0.4, -0.2) is 36.1 Å². The van der Waals surface area contributed by atoms with Gasteiger partial charge in [-0.05, 0) is 25.5 Å². The second kappa shape index (κ2) is 8.24. The van der Waals surface area contributed by atoms with E-state index in [2.05, 4.69) is 20.6 Å². The van der Waals surface area contributed by atoms with Gasteiger partial charge in [-0.15, -0.1) is 0 Å². The zero-order chi connectivity index (χ0) is 16.7. The second-order valence-corrected chi connectivity index (χ2v) is 5.24. The number of aromatic nitrogens is 2. The van der Waals surface area contributed by atoms with Crippen molar-refractivity contribution in [3.05, 3.63) is 53.3 Å². The highest BCUT2D eigenvalue weighted by atomic mass is 16.5. The molecule has 1 aromatic heterocycles. The van der Waals surface area contributed by atoms with Crippen LogP contribution < -0.4 is 10.6 Å². The lowest BCUT2D eigenvalue weighted by Gasteiger charge is -2.14. The van der Waals surface area contributed by atoms with E-state index in [9.17, 15) is 4.79 Å². The van der Waals surface area contributed by atoms with Gasteiger partial charge in [-0.1, -0.05) is 30.3 Å². The molecular formula is C17H22N4O2. The summed E-state index contributed by atoms with van der Waals surface area (Å²) in [5.74, 6) is 0.209. The first-order chi connectivity index (χ1) is 11.1. The van der Waals surface area contributed by atoms with Gasteiger partial charge in [0.05, 0.1) is 12.6 Å². The summed E-state index contributed by atoms with van der Waals surface area (Å²) in [6.07, 6.45) is 0. The molecular weight excluding hydrogens is 292 g/mol. The number of nitrogens with zero attached hydrogens (tertiary/aromatic N) is 2. The highest BCUT2D eigenvalue weighted by Crippen LogP contribution is 2.12. The van der Waals surface area contributed by atoms with E-state index in [4.69, 9.17) is 4.74 Å². The lowest BCUT2D eigenvalue weighted by molar-refractivity contribution is 0.0934. The Morgan fingerprint density at radius 3 is 2.70 bits per heavy atom. The van der Waals surface area contributed by atoms with Crippen molar-refractivity contribution < 1.29 is 9.53 Å². The van der Waals surface area contributed by atoms with Gasteiger partial charge >= 0.3 is 0 Å². The van der Waals surface area contributed by atoms with Crippen molar-refractivity contribution in [3.8, 4) is 0 Å². The third-order valence-corrected chi connectivity index (χ3v) is 3.32. The number of anilines is 1. The highest BCUT2D eigenvalue weighted by Gasteiger charge is 2.14. The van der Waals surface area contributed by atoms with Gasteiger partial charge in [0, 0.05) is 19.3 Å². The van der Waals surface area contributed by atoms with E-state index in [0.29, 0.717) is 24.8 Å². The summed E-state index contributed by atoms with van der Waals surface area (Å²) in [6, 6.07) is 11.4. The summed E-state index contributed by atoms with van der Waals surface area (Å²) < 4.78 is 4.98. The first kappa shape index (κ1) is 16.9. The molecule has 0 aliphatic heterocycles. The molecule has 2 aromatic rings. The van der Waals surface area contributed by atoms with E-state index in [1.54, 1.807) is 13.2 Å². The van der Waals surface area contributed by atoms with Crippen LogP contribution in [0.4, 0.5) is 5.95 Å². The van der Waals surface area contributed by atoms with E-state index in [-0.39, 0.29) is 11.9 Å². The van der Waals surface area contributed by atoms with E-state index in [0.717, 1.165) is 11.3 Å². The van der Waals surface area contributed by atoms with Gasteiger partial charge in [0.2, 0.25) is 5.95 Å². The normalized spacial score (nSPS) is 11.8. The van der Waals surface area contributed by atoms with Crippen LogP contribution in [0.5, 0.6) is 0 Å². The van der Waals surface area contributed by atoms with Gasteiger partial charge in [-0.3, -0.25) is 4.79 Å². The molecule has 0 aliphatic carbocycles. The molecule has 1 atom stereocenters. The van der Waals surface area contributed by atoms with E-state index < -0.39 is 0 Å². The first-order valence-electron chi connectivity index (χ1n) is 7.54. The number of aryl methyl sites for hydroxylation is 1. The smallest absolute Gasteiger partial charge is 0.270 e. The van der Waals surface area contributed by atoms with E-state index in [1.807, 2.05) is 44.2 Å². The van der Waals surface area contributed by atoms with Gasteiger partial charge in [0.25, 0.3) is 5.91 Å². The molecule has 1 amide bonds. The summed E-state index contributed by atoms with van der Waals surface area (Å²) in [5, 5.41) is 5.99. The van der Waals surface area contributed by atoms with Gasteiger partial charge in [-0.2, -0.15) is 0 Å². The number of benzene rings is 1. The predicted molar refractivity (Wildman–Crippen MR) is 89.5 cm³/mol. The topological polar surface area (TPSA) is 76.1 Å². The quantitative estimate of drug-likeness (QED) is 0.767. The SMILES string of the molecule is COCCNc1nc(C)cc(C(=O)NC(C)c2ccccc2)n1. The van der Waals surface area contributed by atoms with E-state index >= 15 is 0 Å². The minimum Gasteiger partial charge on any atom is -0.383 e. The number of carbonyl (C=O) groups excluding carboxylic acids is 1. The van der Waals surface area contributed by atoms with E-state index in [1.165, 1.54) is 0 Å². The van der Waals surface area contributed by atoms with Crippen LogP contribution in [0.25, 0.3) is 0 Å². The molecule has 122 valence electrons. The van der Waals surface area contributed by atoms with Gasteiger partial charge in [-0.25, -0.2) is 9.97 Å². The molecule has 6 nitrogen and oxygen atoms in total. The molecule has 6 heteroatoms. The van der Waals surface area contributed by atoms with Crippen LogP contribution in [0.15, 0.2) is 36.4 Å². The van der Waals surface area contributed by atoms with Crippen LogP contribution in [0.2, 0.25) is 0 Å². The number of carbonyl (C=O) groups is 1. The third kappa shape index (κ3) is 5.03. The molecule has 1 unspecified atom stereocenters. The average Bonchev–Trinajstić information content (AvgIpc) is 2.55. The van der Waals surface area contributed by atoms with Crippen molar-refractivity contribution in [1.82, 2.24) is 15.3 Å². The lowest BCUT2D eigenvalue weighted by Crippen LogP contribution is -2.28. The molecule has 0 saturated heterocycles. The summed E-state index contributed by atoms with van der Waals surface area (Å²) in [7, 11) is 1.63. The zero-order valence-corrected chi connectivity index (χ0v) is 13.7. The fourth-order valence-corrected chi connectivity index (χ4v) is 2.12. The minimum absolute atomic E-state index is 0.0936. The molecule has 23 heavy (non-hydrogen) atoms. The fraction of sp³-hybridized carbons (Fsp3) is 0.353. The van der Waals surface area contributed by atoms with Gasteiger partial charge < -0.3 is 15.4 Å². The first-order valence-corrected chi connectivity index (χ1v) is 7.54. The number of methoxy groups -OCH3 is 1. The number of ether oxygens (including phenoxy) is 1. The predicted octanol–water partition coefficient (Wildman–Crippen LogP) is 2.33. The standard InChI is InChI=1S/C17H22N4O2/c1-12-11-15(21-17(19-12)18-9-10-23-3)16(22)20-13(2)14-7-5-4-6-8-14/h4-8,11,13H,9-10H2,1-3H3,(H,20,22)(H,18,19,21). The van der Waals surface area contributed by atoms with Crippen LogP contribution in [0, 0.1) is 6.92 Å². The summed E-state index contributed by atoms with van der Waals surface area (Å²) in [5.41, 5.74) is 2.13. The molecule has 2 rings (SSSR count). The molecule has 0 radical (unpaired) electrons. The molecule has 0 aliphatic rings. The Kier molecular flexibility index (Phi) is 6.05. The van der Waals surface area contributed by atoms with Gasteiger partial charge in [0.1, 0.15) is 5.69 Å². The summed E-state index contributed by atoms with van der Waals surface area (Å²) in [6.45, 7) is 4.91. The van der Waals surface area contributed by atoms with Crippen molar-refractivity contribution in [1.29, 1.82) is 0 Å². The zero-order valence-electron chi connectivity index (χ0n) is 13.7. The Morgan fingerprint density at radius 2 is 2.00 bits per heavy atom. The van der Waals surface area contributed by atoms with Crippen molar-refractivity contribution in [2.75, 3.05) is 25.6 Å². The van der Waals surface area contributed by atoms with Crippen molar-refractivity contribution >= 4 is 11.9 Å². The number of hydrogen-bond donors (Lipinski definition) is 2. The van der Waals surface area contributed by atoms with Crippen LogP contribution in [-0.2, 0) is 4.74 Å². The van der Waals surface area contributed by atoms with Crippen LogP contribution in [0.1, 0.15) is 34.7 Å². The molecule has 0 saturated carbocycles. The Morgan fingerprint density at radius 1 is 1.26 bits per heavy atom. The summed E-state index contributed by atoms with van der Waals surface area (Å²) in [4.78, 5) is 20.9. The largest absolute Gasteiger partial charge is 0.383 e. The molecule has 0 bridgehead atoms. The van der Waals surface area contributed by atoms with Crippen LogP contribution >= 0.6 is 0 Å². The number of amides is 1. The molecule has 2 N–H and O–H groups in total. The lowest BCUT2D eigenvalue weighted by atomic mass is 10.1. The average molecular weight is 314 g/mol. The summed E-state index contributed by atoms with van der Waals surface area (Å²) >= 11 is 0. The minimum atomic E-state index is -0.221. The monoisotopic (exact) mass is 314 g/mol. The molecule has 0 fully saturated rings.